The molecule has 1 N–H and O–H groups in total. The summed E-state index contributed by atoms with van der Waals surface area (Å²) in [5.41, 5.74) is 1.23. The van der Waals surface area contributed by atoms with E-state index in [0.29, 0.717) is 18.2 Å². The number of methoxy groups -OCH3 is 1. The largest absolute Gasteiger partial charge is 0.381 e. The Hall–Kier alpha value is -0.870. The van der Waals surface area contributed by atoms with Gasteiger partial charge in [-0.3, -0.25) is 4.68 Å². The van der Waals surface area contributed by atoms with Gasteiger partial charge in [-0.2, -0.15) is 5.10 Å². The number of nitrogens with zero attached hydrogens (tertiary/aromatic N) is 2. The molecule has 1 heterocycles. The highest BCUT2D eigenvalue weighted by atomic mass is 16.5. The molecule has 0 amide bonds. The molecule has 0 bridgehead atoms. The van der Waals surface area contributed by atoms with Crippen molar-refractivity contribution >= 4 is 0 Å². The first kappa shape index (κ1) is 10.6. The van der Waals surface area contributed by atoms with Crippen molar-refractivity contribution in [2.45, 2.75) is 38.0 Å². The average Bonchev–Trinajstić information content (AvgIpc) is 2.56. The Morgan fingerprint density at radius 2 is 2.33 bits per heavy atom. The summed E-state index contributed by atoms with van der Waals surface area (Å²) in [6.45, 7) is 2.18. The fraction of sp³-hybridized carbons (Fsp3) is 0.727. The van der Waals surface area contributed by atoms with Gasteiger partial charge in [0, 0.05) is 32.4 Å². The normalized spacial score (nSPS) is 27.4. The third-order valence-electron chi connectivity index (χ3n) is 3.22. The zero-order valence-corrected chi connectivity index (χ0v) is 9.60. The molecule has 1 unspecified atom stereocenters. The fourth-order valence-corrected chi connectivity index (χ4v) is 2.14. The van der Waals surface area contributed by atoms with Crippen molar-refractivity contribution < 1.29 is 4.74 Å². The minimum Gasteiger partial charge on any atom is -0.381 e. The van der Waals surface area contributed by atoms with Gasteiger partial charge in [-0.05, 0) is 25.8 Å². The van der Waals surface area contributed by atoms with E-state index < -0.39 is 0 Å². The van der Waals surface area contributed by atoms with Gasteiger partial charge in [0.05, 0.1) is 11.8 Å². The van der Waals surface area contributed by atoms with Crippen LogP contribution < -0.4 is 5.32 Å². The number of ether oxygens (including phenoxy) is 1. The van der Waals surface area contributed by atoms with E-state index in [0.717, 1.165) is 12.8 Å². The van der Waals surface area contributed by atoms with Crippen LogP contribution in [0.15, 0.2) is 12.3 Å². The van der Waals surface area contributed by atoms with E-state index in [2.05, 4.69) is 23.4 Å². The van der Waals surface area contributed by atoms with Gasteiger partial charge in [0.25, 0.3) is 0 Å². The molecule has 1 fully saturated rings. The maximum Gasteiger partial charge on any atom is 0.0601 e. The smallest absolute Gasteiger partial charge is 0.0601 e. The first-order valence-corrected chi connectivity index (χ1v) is 5.47. The first-order chi connectivity index (χ1) is 7.20. The minimum atomic E-state index is 0.361. The lowest BCUT2D eigenvalue weighted by Crippen LogP contribution is -2.46. The summed E-state index contributed by atoms with van der Waals surface area (Å²) in [4.78, 5) is 0. The molecule has 0 spiro atoms. The summed E-state index contributed by atoms with van der Waals surface area (Å²) in [6.07, 6.45) is 4.55. The van der Waals surface area contributed by atoms with Gasteiger partial charge in [-0.25, -0.2) is 0 Å². The lowest BCUT2D eigenvalue weighted by molar-refractivity contribution is 0.0145. The highest BCUT2D eigenvalue weighted by Gasteiger charge is 2.30. The van der Waals surface area contributed by atoms with E-state index in [4.69, 9.17) is 4.74 Å². The van der Waals surface area contributed by atoms with Crippen molar-refractivity contribution in [1.82, 2.24) is 15.1 Å². The second kappa shape index (κ2) is 4.33. The molecule has 4 nitrogen and oxygen atoms in total. The highest BCUT2D eigenvalue weighted by Crippen LogP contribution is 2.25. The molecule has 1 saturated carbocycles. The molecule has 1 aliphatic rings. The summed E-state index contributed by atoms with van der Waals surface area (Å²) >= 11 is 0. The molecule has 0 radical (unpaired) electrons. The zero-order valence-electron chi connectivity index (χ0n) is 9.60. The van der Waals surface area contributed by atoms with E-state index in [1.165, 1.54) is 5.69 Å². The lowest BCUT2D eigenvalue weighted by atomic mass is 9.88. The molecule has 1 aliphatic carbocycles. The molecule has 1 aromatic heterocycles. The number of aryl methyl sites for hydroxylation is 1. The molecule has 2 rings (SSSR count). The standard InChI is InChI=1S/C11H19N3O/c1-8(11-4-5-12-14(11)2)13-9-6-10(7-9)15-3/h4-5,8-10,13H,6-7H2,1-3H3. The van der Waals surface area contributed by atoms with Crippen molar-refractivity contribution in [2.75, 3.05) is 7.11 Å². The van der Waals surface area contributed by atoms with E-state index in [9.17, 15) is 0 Å². The van der Waals surface area contributed by atoms with Crippen LogP contribution in [0.4, 0.5) is 0 Å². The fourth-order valence-electron chi connectivity index (χ4n) is 2.14. The van der Waals surface area contributed by atoms with Crippen LogP contribution in [-0.4, -0.2) is 29.0 Å². The van der Waals surface area contributed by atoms with Crippen LogP contribution in [0.2, 0.25) is 0 Å². The summed E-state index contributed by atoms with van der Waals surface area (Å²) in [5.74, 6) is 0. The number of hydrogen-bond acceptors (Lipinski definition) is 3. The predicted molar refractivity (Wildman–Crippen MR) is 58.6 cm³/mol. The highest BCUT2D eigenvalue weighted by molar-refractivity contribution is 5.06. The van der Waals surface area contributed by atoms with Gasteiger partial charge in [0.2, 0.25) is 0 Å². The van der Waals surface area contributed by atoms with Gasteiger partial charge >= 0.3 is 0 Å². The Morgan fingerprint density at radius 1 is 1.60 bits per heavy atom. The summed E-state index contributed by atoms with van der Waals surface area (Å²) in [5, 5.41) is 7.75. The zero-order chi connectivity index (χ0) is 10.8. The molecule has 0 saturated heterocycles. The molecule has 84 valence electrons. The topological polar surface area (TPSA) is 39.1 Å². The van der Waals surface area contributed by atoms with Gasteiger partial charge in [-0.15, -0.1) is 0 Å². The second-order valence-corrected chi connectivity index (χ2v) is 4.29. The van der Waals surface area contributed by atoms with Crippen LogP contribution >= 0.6 is 0 Å². The van der Waals surface area contributed by atoms with Crippen molar-refractivity contribution in [1.29, 1.82) is 0 Å². The molecule has 1 aromatic rings. The van der Waals surface area contributed by atoms with E-state index >= 15 is 0 Å². The number of rotatable bonds is 4. The molecule has 4 heteroatoms. The number of aromatic nitrogens is 2. The summed E-state index contributed by atoms with van der Waals surface area (Å²) in [6, 6.07) is 3.02. The Morgan fingerprint density at radius 3 is 2.87 bits per heavy atom. The Balaban J connectivity index is 1.84. The van der Waals surface area contributed by atoms with Gasteiger partial charge in [0.1, 0.15) is 0 Å². The van der Waals surface area contributed by atoms with Crippen LogP contribution in [0.1, 0.15) is 31.5 Å². The molecule has 0 aromatic carbocycles. The maximum absolute atomic E-state index is 5.25. The van der Waals surface area contributed by atoms with Crippen molar-refractivity contribution in [3.05, 3.63) is 18.0 Å². The van der Waals surface area contributed by atoms with Crippen LogP contribution in [0, 0.1) is 0 Å². The quantitative estimate of drug-likeness (QED) is 0.811. The van der Waals surface area contributed by atoms with Gasteiger partial charge in [0.15, 0.2) is 0 Å². The van der Waals surface area contributed by atoms with Crippen molar-refractivity contribution in [3.8, 4) is 0 Å². The van der Waals surface area contributed by atoms with Crippen molar-refractivity contribution in [3.63, 3.8) is 0 Å². The average molecular weight is 209 g/mol. The Bertz CT molecular complexity index is 317. The monoisotopic (exact) mass is 209 g/mol. The predicted octanol–water partition coefficient (Wildman–Crippen LogP) is 1.25. The summed E-state index contributed by atoms with van der Waals surface area (Å²) in [7, 11) is 3.76. The van der Waals surface area contributed by atoms with Gasteiger partial charge < -0.3 is 10.1 Å². The van der Waals surface area contributed by atoms with Crippen LogP contribution in [0.5, 0.6) is 0 Å². The lowest BCUT2D eigenvalue weighted by Gasteiger charge is -2.36. The first-order valence-electron chi connectivity index (χ1n) is 5.47. The molecule has 15 heavy (non-hydrogen) atoms. The van der Waals surface area contributed by atoms with E-state index in [1.807, 2.05) is 17.9 Å². The number of nitrogens with one attached hydrogen (secondary N) is 1. The third-order valence-corrected chi connectivity index (χ3v) is 3.22. The number of hydrogen-bond donors (Lipinski definition) is 1. The Labute approximate surface area is 90.6 Å². The van der Waals surface area contributed by atoms with Crippen LogP contribution in [0.3, 0.4) is 0 Å². The molecular formula is C11H19N3O. The second-order valence-electron chi connectivity index (χ2n) is 4.29. The summed E-state index contributed by atoms with van der Waals surface area (Å²) < 4.78 is 7.18. The van der Waals surface area contributed by atoms with E-state index in [1.54, 1.807) is 7.11 Å². The van der Waals surface area contributed by atoms with Gasteiger partial charge in [-0.1, -0.05) is 0 Å². The maximum atomic E-state index is 5.25. The third kappa shape index (κ3) is 2.21. The van der Waals surface area contributed by atoms with Crippen LogP contribution in [0.25, 0.3) is 0 Å². The molecular weight excluding hydrogens is 190 g/mol. The van der Waals surface area contributed by atoms with E-state index in [-0.39, 0.29) is 0 Å². The molecule has 1 atom stereocenters. The minimum absolute atomic E-state index is 0.361. The Kier molecular flexibility index (Phi) is 3.07. The van der Waals surface area contributed by atoms with Crippen LogP contribution in [-0.2, 0) is 11.8 Å². The molecule has 0 aliphatic heterocycles. The van der Waals surface area contributed by atoms with Crippen molar-refractivity contribution in [2.24, 2.45) is 7.05 Å². The SMILES string of the molecule is COC1CC(NC(C)c2ccnn2C)C1.